The number of unbranched alkanes of at least 4 members (excludes halogenated alkanes) is 1. The van der Waals surface area contributed by atoms with E-state index in [1.165, 1.54) is 11.4 Å². The van der Waals surface area contributed by atoms with E-state index in [9.17, 15) is 13.2 Å². The number of rotatable bonds is 8. The third-order valence-corrected chi connectivity index (χ3v) is 3.45. The van der Waals surface area contributed by atoms with Crippen LogP contribution >= 0.6 is 0 Å². The third kappa shape index (κ3) is 6.04. The van der Waals surface area contributed by atoms with Crippen molar-refractivity contribution in [1.82, 2.24) is 9.03 Å². The van der Waals surface area contributed by atoms with Crippen molar-refractivity contribution < 1.29 is 17.9 Å². The largest absolute Gasteiger partial charge is 0.465 e. The van der Waals surface area contributed by atoms with E-state index in [1.54, 1.807) is 6.92 Å². The van der Waals surface area contributed by atoms with Gasteiger partial charge < -0.3 is 4.74 Å². The summed E-state index contributed by atoms with van der Waals surface area (Å²) in [5.74, 6) is -0.574. The molecule has 1 N–H and O–H groups in total. The number of nitrogens with one attached hydrogen (secondary N) is 1. The summed E-state index contributed by atoms with van der Waals surface area (Å²) in [4.78, 5) is 11.0. The van der Waals surface area contributed by atoms with Crippen molar-refractivity contribution in [1.29, 1.82) is 0 Å². The number of hydrogen-bond acceptors (Lipinski definition) is 4. The second-order valence-corrected chi connectivity index (χ2v) is 5.17. The van der Waals surface area contributed by atoms with Gasteiger partial charge in [0.05, 0.1) is 6.61 Å². The molecular weight excluding hydrogens is 232 g/mol. The molecule has 96 valence electrons. The monoisotopic (exact) mass is 252 g/mol. The summed E-state index contributed by atoms with van der Waals surface area (Å²) in [5.41, 5.74) is 0. The molecule has 0 aliphatic rings. The zero-order valence-corrected chi connectivity index (χ0v) is 10.8. The first-order valence-electron chi connectivity index (χ1n) is 5.30. The average molecular weight is 252 g/mol. The highest BCUT2D eigenvalue weighted by atomic mass is 32.2. The van der Waals surface area contributed by atoms with Gasteiger partial charge in [0, 0.05) is 13.6 Å². The highest BCUT2D eigenvalue weighted by Crippen LogP contribution is 1.97. The SMILES string of the molecule is CCCCN(C)S(=O)(=O)NCC(=O)OCC. The summed E-state index contributed by atoms with van der Waals surface area (Å²) in [7, 11) is -2.09. The van der Waals surface area contributed by atoms with Crippen LogP contribution in [0.15, 0.2) is 0 Å². The van der Waals surface area contributed by atoms with Crippen molar-refractivity contribution >= 4 is 16.2 Å². The molecule has 0 aromatic heterocycles. The lowest BCUT2D eigenvalue weighted by Crippen LogP contribution is -2.41. The highest BCUT2D eigenvalue weighted by molar-refractivity contribution is 7.87. The van der Waals surface area contributed by atoms with Gasteiger partial charge in [0.2, 0.25) is 0 Å². The fraction of sp³-hybridized carbons (Fsp3) is 0.889. The lowest BCUT2D eigenvalue weighted by Gasteiger charge is -2.16. The Hall–Kier alpha value is -0.660. The summed E-state index contributed by atoms with van der Waals surface area (Å²) >= 11 is 0. The predicted octanol–water partition coefficient (Wildman–Crippen LogP) is 0.116. The summed E-state index contributed by atoms with van der Waals surface area (Å²) in [6, 6.07) is 0. The Morgan fingerprint density at radius 2 is 2.00 bits per heavy atom. The van der Waals surface area contributed by atoms with Gasteiger partial charge in [-0.1, -0.05) is 13.3 Å². The lowest BCUT2D eigenvalue weighted by atomic mass is 10.3. The molecule has 7 heteroatoms. The number of ether oxygens (including phenoxy) is 1. The quantitative estimate of drug-likeness (QED) is 0.622. The minimum atomic E-state index is -3.56. The number of esters is 1. The van der Waals surface area contributed by atoms with E-state index < -0.39 is 16.2 Å². The van der Waals surface area contributed by atoms with E-state index >= 15 is 0 Å². The van der Waals surface area contributed by atoms with Crippen LogP contribution in [0, 0.1) is 0 Å². The average Bonchev–Trinajstić information content (AvgIpc) is 2.23. The van der Waals surface area contributed by atoms with Gasteiger partial charge in [0.15, 0.2) is 0 Å². The van der Waals surface area contributed by atoms with Gasteiger partial charge in [-0.2, -0.15) is 17.4 Å². The molecule has 0 heterocycles. The summed E-state index contributed by atoms with van der Waals surface area (Å²) in [6.45, 7) is 4.00. The molecule has 0 aliphatic heterocycles. The maximum Gasteiger partial charge on any atom is 0.321 e. The van der Waals surface area contributed by atoms with Crippen molar-refractivity contribution in [2.24, 2.45) is 0 Å². The minimum absolute atomic E-state index is 0.242. The van der Waals surface area contributed by atoms with Crippen LogP contribution in [0.25, 0.3) is 0 Å². The minimum Gasteiger partial charge on any atom is -0.465 e. The van der Waals surface area contributed by atoms with E-state index in [4.69, 9.17) is 0 Å². The molecule has 0 saturated heterocycles. The van der Waals surface area contributed by atoms with Gasteiger partial charge in [-0.25, -0.2) is 0 Å². The summed E-state index contributed by atoms with van der Waals surface area (Å²) in [5, 5.41) is 0. The molecule has 0 saturated carbocycles. The van der Waals surface area contributed by atoms with Gasteiger partial charge in [0.1, 0.15) is 6.54 Å². The number of carbonyl (C=O) groups excluding carboxylic acids is 1. The Balaban J connectivity index is 4.08. The normalized spacial score (nSPS) is 11.8. The van der Waals surface area contributed by atoms with Crippen LogP contribution in [0.3, 0.4) is 0 Å². The van der Waals surface area contributed by atoms with Crippen LogP contribution in [0.5, 0.6) is 0 Å². The van der Waals surface area contributed by atoms with Gasteiger partial charge in [-0.15, -0.1) is 0 Å². The second-order valence-electron chi connectivity index (χ2n) is 3.31. The topological polar surface area (TPSA) is 75.7 Å². The molecule has 0 rings (SSSR count). The molecule has 6 nitrogen and oxygen atoms in total. The number of carbonyl (C=O) groups is 1. The van der Waals surface area contributed by atoms with Gasteiger partial charge >= 0.3 is 5.97 Å². The van der Waals surface area contributed by atoms with Crippen molar-refractivity contribution in [2.75, 3.05) is 26.7 Å². The molecule has 0 atom stereocenters. The maximum atomic E-state index is 11.6. The first kappa shape index (κ1) is 15.3. The van der Waals surface area contributed by atoms with E-state index in [0.29, 0.717) is 6.54 Å². The summed E-state index contributed by atoms with van der Waals surface area (Å²) < 4.78 is 31.1. The van der Waals surface area contributed by atoms with Crippen molar-refractivity contribution in [3.05, 3.63) is 0 Å². The predicted molar refractivity (Wildman–Crippen MR) is 61.1 cm³/mol. The van der Waals surface area contributed by atoms with Crippen LogP contribution in [0.4, 0.5) is 0 Å². The zero-order chi connectivity index (χ0) is 12.6. The van der Waals surface area contributed by atoms with Crippen LogP contribution in [0.1, 0.15) is 26.7 Å². The Kier molecular flexibility index (Phi) is 7.27. The number of hydrogen-bond donors (Lipinski definition) is 1. The molecule has 0 aromatic rings. The van der Waals surface area contributed by atoms with Crippen LogP contribution in [0.2, 0.25) is 0 Å². The van der Waals surface area contributed by atoms with E-state index in [-0.39, 0.29) is 13.2 Å². The Morgan fingerprint density at radius 1 is 1.38 bits per heavy atom. The second kappa shape index (κ2) is 7.59. The van der Waals surface area contributed by atoms with Crippen molar-refractivity contribution in [2.45, 2.75) is 26.7 Å². The molecule has 0 fully saturated rings. The number of nitrogens with zero attached hydrogens (tertiary/aromatic N) is 1. The maximum absolute atomic E-state index is 11.6. The first-order chi connectivity index (χ1) is 7.44. The fourth-order valence-corrected chi connectivity index (χ4v) is 1.86. The van der Waals surface area contributed by atoms with Crippen molar-refractivity contribution in [3.63, 3.8) is 0 Å². The Labute approximate surface area is 97.1 Å². The summed E-state index contributed by atoms with van der Waals surface area (Å²) in [6.07, 6.45) is 1.70. The molecule has 0 aromatic carbocycles. The molecular formula is C9H20N2O4S. The van der Waals surface area contributed by atoms with Crippen LogP contribution < -0.4 is 4.72 Å². The molecule has 0 spiro atoms. The van der Waals surface area contributed by atoms with Gasteiger partial charge in [-0.05, 0) is 13.3 Å². The molecule has 0 amide bonds. The highest BCUT2D eigenvalue weighted by Gasteiger charge is 2.17. The molecule has 0 radical (unpaired) electrons. The zero-order valence-electron chi connectivity index (χ0n) is 10.0. The Morgan fingerprint density at radius 3 is 2.50 bits per heavy atom. The molecule has 0 unspecified atom stereocenters. The smallest absolute Gasteiger partial charge is 0.321 e. The first-order valence-corrected chi connectivity index (χ1v) is 6.74. The standard InChI is InChI=1S/C9H20N2O4S/c1-4-6-7-11(3)16(13,14)10-8-9(12)15-5-2/h10H,4-8H2,1-3H3. The van der Waals surface area contributed by atoms with E-state index in [1.807, 2.05) is 6.92 Å². The fourth-order valence-electron chi connectivity index (χ4n) is 0.973. The van der Waals surface area contributed by atoms with Gasteiger partial charge in [0.25, 0.3) is 10.2 Å². The molecule has 16 heavy (non-hydrogen) atoms. The van der Waals surface area contributed by atoms with E-state index in [0.717, 1.165) is 12.8 Å². The van der Waals surface area contributed by atoms with Crippen LogP contribution in [-0.4, -0.2) is 45.4 Å². The third-order valence-electron chi connectivity index (χ3n) is 1.94. The Bertz CT molecular complexity index is 303. The van der Waals surface area contributed by atoms with Gasteiger partial charge in [-0.3, -0.25) is 4.79 Å². The van der Waals surface area contributed by atoms with Crippen LogP contribution in [-0.2, 0) is 19.7 Å². The molecule has 0 aliphatic carbocycles. The molecule has 0 bridgehead atoms. The van der Waals surface area contributed by atoms with E-state index in [2.05, 4.69) is 9.46 Å². The van der Waals surface area contributed by atoms with Crippen molar-refractivity contribution in [3.8, 4) is 0 Å². The lowest BCUT2D eigenvalue weighted by molar-refractivity contribution is -0.141.